The fourth-order valence-corrected chi connectivity index (χ4v) is 5.81. The van der Waals surface area contributed by atoms with E-state index in [1.807, 2.05) is 50.2 Å². The van der Waals surface area contributed by atoms with Gasteiger partial charge in [-0.05, 0) is 55.3 Å². The van der Waals surface area contributed by atoms with Gasteiger partial charge >= 0.3 is 0 Å². The average molecular weight is 495 g/mol. The van der Waals surface area contributed by atoms with Crippen LogP contribution in [0.4, 0.5) is 5.69 Å². The fraction of sp³-hybridized carbons (Fsp3) is 0.385. The summed E-state index contributed by atoms with van der Waals surface area (Å²) in [5, 5.41) is 8.40. The number of hydrogen-bond donors (Lipinski definition) is 1. The number of amides is 3. The summed E-state index contributed by atoms with van der Waals surface area (Å²) in [6, 6.07) is 11.7. The molecule has 3 amide bonds. The minimum Gasteiger partial charge on any atom is -0.494 e. The Morgan fingerprint density at radius 3 is 2.49 bits per heavy atom. The van der Waals surface area contributed by atoms with Crippen molar-refractivity contribution in [2.75, 3.05) is 11.5 Å². The summed E-state index contributed by atoms with van der Waals surface area (Å²) in [6.45, 7) is 9.78. The van der Waals surface area contributed by atoms with Gasteiger partial charge in [0.05, 0.1) is 18.8 Å². The zero-order valence-corrected chi connectivity index (χ0v) is 21.5. The first kappa shape index (κ1) is 24.8. The van der Waals surface area contributed by atoms with Crippen molar-refractivity contribution in [1.29, 1.82) is 0 Å². The molecule has 2 aliphatic heterocycles. The number of hydrogen-bond acceptors (Lipinski definition) is 6. The van der Waals surface area contributed by atoms with Crippen LogP contribution in [-0.2, 0) is 25.8 Å². The number of carbonyl (C=O) groups is 3. The molecule has 0 aliphatic carbocycles. The molecule has 4 rings (SSSR count). The van der Waals surface area contributed by atoms with E-state index in [4.69, 9.17) is 4.74 Å². The summed E-state index contributed by atoms with van der Waals surface area (Å²) in [5.74, 6) is -0.178. The molecule has 0 radical (unpaired) electrons. The summed E-state index contributed by atoms with van der Waals surface area (Å²) in [4.78, 5) is 38.9. The third kappa shape index (κ3) is 4.52. The Balaban J connectivity index is 1.72. The van der Waals surface area contributed by atoms with Gasteiger partial charge in [0, 0.05) is 19.4 Å². The third-order valence-corrected chi connectivity index (χ3v) is 7.20. The number of rotatable bonds is 6. The number of nitrogens with zero attached hydrogens (tertiary/aromatic N) is 3. The van der Waals surface area contributed by atoms with E-state index < -0.39 is 4.87 Å². The zero-order chi connectivity index (χ0) is 25.3. The Morgan fingerprint density at radius 1 is 1.14 bits per heavy atom. The molecule has 2 heterocycles. The molecule has 2 aromatic carbocycles. The molecule has 2 aromatic rings. The van der Waals surface area contributed by atoms with E-state index in [-0.39, 0.29) is 22.9 Å². The number of carbonyl (C=O) groups excluding carboxylic acids is 3. The number of hydrazone groups is 1. The highest BCUT2D eigenvalue weighted by Crippen LogP contribution is 2.55. The van der Waals surface area contributed by atoms with Gasteiger partial charge in [-0.1, -0.05) is 43.2 Å². The number of ether oxygens (including phenoxy) is 1. The van der Waals surface area contributed by atoms with Gasteiger partial charge in [0.2, 0.25) is 16.7 Å². The summed E-state index contributed by atoms with van der Waals surface area (Å²) < 4.78 is 5.76. The highest BCUT2D eigenvalue weighted by atomic mass is 32.2. The van der Waals surface area contributed by atoms with Crippen LogP contribution in [0.15, 0.2) is 41.5 Å². The number of aryl methyl sites for hydroxylation is 2. The molecule has 0 aromatic heterocycles. The van der Waals surface area contributed by atoms with Crippen molar-refractivity contribution in [2.45, 2.75) is 58.9 Å². The van der Waals surface area contributed by atoms with Crippen molar-refractivity contribution < 1.29 is 19.1 Å². The first-order valence-electron chi connectivity index (χ1n) is 11.7. The number of unbranched alkanes of at least 4 members (excludes halogenated alkanes) is 1. The van der Waals surface area contributed by atoms with Crippen molar-refractivity contribution in [1.82, 2.24) is 10.3 Å². The topological polar surface area (TPSA) is 91.3 Å². The van der Waals surface area contributed by atoms with E-state index in [0.29, 0.717) is 18.7 Å². The second-order valence-electron chi connectivity index (χ2n) is 8.88. The Hall–Kier alpha value is -3.33. The van der Waals surface area contributed by atoms with Crippen molar-refractivity contribution >= 4 is 40.3 Å². The lowest BCUT2D eigenvalue weighted by molar-refractivity contribution is -0.139. The van der Waals surface area contributed by atoms with Crippen LogP contribution in [0.1, 0.15) is 55.9 Å². The molecule has 1 N–H and O–H groups in total. The maximum Gasteiger partial charge on any atom is 0.271 e. The second kappa shape index (κ2) is 9.73. The molecule has 0 bridgehead atoms. The number of fused-ring (bicyclic) bond motifs is 2. The van der Waals surface area contributed by atoms with Gasteiger partial charge < -0.3 is 15.0 Å². The number of benzene rings is 2. The predicted molar refractivity (Wildman–Crippen MR) is 137 cm³/mol. The lowest BCUT2D eigenvalue weighted by Gasteiger charge is -2.29. The van der Waals surface area contributed by atoms with Crippen molar-refractivity contribution in [3.8, 4) is 5.75 Å². The Labute approximate surface area is 209 Å². The van der Waals surface area contributed by atoms with Crippen LogP contribution in [0, 0.1) is 13.8 Å². The first-order valence-corrected chi connectivity index (χ1v) is 12.5. The maximum atomic E-state index is 14.1. The molecule has 0 fully saturated rings. The molecule has 0 saturated heterocycles. The van der Waals surface area contributed by atoms with Crippen molar-refractivity contribution in [2.24, 2.45) is 5.10 Å². The van der Waals surface area contributed by atoms with E-state index in [2.05, 4.69) is 17.3 Å². The number of amidine groups is 1. The van der Waals surface area contributed by atoms with Crippen LogP contribution >= 0.6 is 11.8 Å². The molecule has 2 aliphatic rings. The largest absolute Gasteiger partial charge is 0.494 e. The van der Waals surface area contributed by atoms with Crippen molar-refractivity contribution in [3.63, 3.8) is 0 Å². The summed E-state index contributed by atoms with van der Waals surface area (Å²) in [5.41, 5.74) is 4.30. The normalized spacial score (nSPS) is 18.7. The summed E-state index contributed by atoms with van der Waals surface area (Å²) in [7, 11) is 0. The Morgan fingerprint density at radius 2 is 1.86 bits per heavy atom. The molecule has 184 valence electrons. The smallest absolute Gasteiger partial charge is 0.271 e. The molecule has 35 heavy (non-hydrogen) atoms. The van der Waals surface area contributed by atoms with Gasteiger partial charge in [0.15, 0.2) is 5.17 Å². The number of nitrogens with one attached hydrogen (secondary N) is 1. The Bertz CT molecular complexity index is 1210. The van der Waals surface area contributed by atoms with E-state index in [0.717, 1.165) is 52.7 Å². The lowest BCUT2D eigenvalue weighted by atomic mass is 10.0. The van der Waals surface area contributed by atoms with E-state index in [9.17, 15) is 14.4 Å². The second-order valence-corrected chi connectivity index (χ2v) is 10.1. The molecule has 1 atom stereocenters. The van der Waals surface area contributed by atoms with Crippen LogP contribution in [0.25, 0.3) is 0 Å². The SMILES string of the molecule is CCCCOc1ccc(CN2C(=O)[C@@]3(SC(NC(C)=O)=NN3C(C)=O)c3cc(C)cc(C)c32)cc1. The van der Waals surface area contributed by atoms with E-state index in [1.54, 1.807) is 4.90 Å². The summed E-state index contributed by atoms with van der Waals surface area (Å²) in [6.07, 6.45) is 2.06. The van der Waals surface area contributed by atoms with E-state index >= 15 is 0 Å². The van der Waals surface area contributed by atoms with Gasteiger partial charge in [0.1, 0.15) is 5.75 Å². The van der Waals surface area contributed by atoms with Crippen LogP contribution < -0.4 is 15.0 Å². The van der Waals surface area contributed by atoms with Gasteiger partial charge in [-0.15, -0.1) is 5.10 Å². The molecule has 0 saturated carbocycles. The minimum atomic E-state index is -1.40. The standard InChI is InChI=1S/C26H30N4O4S/c1-6-7-12-34-21-10-8-20(9-11-21)15-29-23-17(3)13-16(2)14-22(23)26(24(29)33)30(19(5)32)28-25(35-26)27-18(4)31/h8-11,13-14H,6-7,12,15H2,1-5H3,(H,27,28,31)/t26-/m0/s1. The summed E-state index contributed by atoms with van der Waals surface area (Å²) >= 11 is 1.09. The molecule has 0 unspecified atom stereocenters. The minimum absolute atomic E-state index is 0.224. The van der Waals surface area contributed by atoms with Gasteiger partial charge in [0.25, 0.3) is 5.91 Å². The van der Waals surface area contributed by atoms with Crippen LogP contribution in [0.3, 0.4) is 0 Å². The zero-order valence-electron chi connectivity index (χ0n) is 20.7. The van der Waals surface area contributed by atoms with Crippen molar-refractivity contribution in [3.05, 3.63) is 58.7 Å². The molecule has 9 heteroatoms. The molecule has 1 spiro atoms. The van der Waals surface area contributed by atoms with Crippen LogP contribution in [0.5, 0.6) is 5.75 Å². The fourth-order valence-electron chi connectivity index (χ4n) is 4.50. The number of anilines is 1. The molecular formula is C26H30N4O4S. The van der Waals surface area contributed by atoms with Crippen LogP contribution in [0.2, 0.25) is 0 Å². The lowest BCUT2D eigenvalue weighted by Crippen LogP contribution is -2.48. The third-order valence-electron chi connectivity index (χ3n) is 5.96. The van der Waals surface area contributed by atoms with Crippen LogP contribution in [-0.4, -0.2) is 34.5 Å². The average Bonchev–Trinajstić information content (AvgIpc) is 3.27. The predicted octanol–water partition coefficient (Wildman–Crippen LogP) is 4.18. The first-order chi connectivity index (χ1) is 16.7. The van der Waals surface area contributed by atoms with E-state index in [1.165, 1.54) is 18.9 Å². The monoisotopic (exact) mass is 494 g/mol. The maximum absolute atomic E-state index is 14.1. The highest BCUT2D eigenvalue weighted by molar-refractivity contribution is 8.15. The highest BCUT2D eigenvalue weighted by Gasteiger charge is 2.61. The number of thioether (sulfide) groups is 1. The van der Waals surface area contributed by atoms with Gasteiger partial charge in [-0.2, -0.15) is 5.01 Å². The molecular weight excluding hydrogens is 464 g/mol. The quantitative estimate of drug-likeness (QED) is 0.608. The van der Waals surface area contributed by atoms with Gasteiger partial charge in [-0.3, -0.25) is 14.4 Å². The molecule has 8 nitrogen and oxygen atoms in total. The Kier molecular flexibility index (Phi) is 6.89. The van der Waals surface area contributed by atoms with Gasteiger partial charge in [-0.25, -0.2) is 0 Å².